The lowest BCUT2D eigenvalue weighted by Gasteiger charge is -2.02. The summed E-state index contributed by atoms with van der Waals surface area (Å²) in [6.07, 6.45) is 0.993. The van der Waals surface area contributed by atoms with Crippen molar-refractivity contribution in [3.63, 3.8) is 0 Å². The van der Waals surface area contributed by atoms with Crippen LogP contribution in [0.3, 0.4) is 0 Å². The Morgan fingerprint density at radius 1 is 1.37 bits per heavy atom. The highest BCUT2D eigenvalue weighted by Crippen LogP contribution is 2.21. The van der Waals surface area contributed by atoms with Gasteiger partial charge in [-0.05, 0) is 43.4 Å². The van der Waals surface area contributed by atoms with Crippen LogP contribution in [0.25, 0.3) is 11.5 Å². The van der Waals surface area contributed by atoms with Crippen LogP contribution < -0.4 is 5.73 Å². The van der Waals surface area contributed by atoms with E-state index in [2.05, 4.69) is 10.1 Å². The van der Waals surface area contributed by atoms with Crippen molar-refractivity contribution in [2.75, 3.05) is 5.75 Å². The van der Waals surface area contributed by atoms with Gasteiger partial charge in [0.05, 0.1) is 5.75 Å². The minimum atomic E-state index is 0.238. The topological polar surface area (TPSA) is 64.9 Å². The Bertz CT molecular complexity index is 513. The van der Waals surface area contributed by atoms with E-state index in [4.69, 9.17) is 21.9 Å². The van der Waals surface area contributed by atoms with Gasteiger partial charge in [0.15, 0.2) is 5.82 Å². The van der Waals surface area contributed by atoms with Crippen LogP contribution in [0.4, 0.5) is 0 Å². The van der Waals surface area contributed by atoms with Crippen LogP contribution in [-0.4, -0.2) is 21.9 Å². The van der Waals surface area contributed by atoms with Crippen molar-refractivity contribution >= 4 is 23.4 Å². The van der Waals surface area contributed by atoms with Crippen LogP contribution in [0.2, 0.25) is 5.02 Å². The van der Waals surface area contributed by atoms with E-state index in [0.29, 0.717) is 16.7 Å². The molecule has 2 rings (SSSR count). The number of nitrogens with zero attached hydrogens (tertiary/aromatic N) is 2. The molecule has 1 heterocycles. The number of hydrogen-bond acceptors (Lipinski definition) is 5. The van der Waals surface area contributed by atoms with E-state index in [1.54, 1.807) is 23.9 Å². The van der Waals surface area contributed by atoms with Gasteiger partial charge in [0.2, 0.25) is 0 Å². The summed E-state index contributed by atoms with van der Waals surface area (Å²) < 4.78 is 5.23. The molecule has 0 fully saturated rings. The number of benzene rings is 1. The van der Waals surface area contributed by atoms with Crippen LogP contribution in [0.5, 0.6) is 0 Å². The molecule has 2 N–H and O–H groups in total. The highest BCUT2D eigenvalue weighted by Gasteiger charge is 2.08. The summed E-state index contributed by atoms with van der Waals surface area (Å²) in [5.74, 6) is 2.98. The van der Waals surface area contributed by atoms with E-state index in [0.717, 1.165) is 23.5 Å². The lowest BCUT2D eigenvalue weighted by Crippen LogP contribution is -2.15. The molecule has 0 saturated heterocycles. The zero-order valence-corrected chi connectivity index (χ0v) is 12.2. The largest absolute Gasteiger partial charge is 0.334 e. The Labute approximate surface area is 121 Å². The van der Waals surface area contributed by atoms with E-state index in [1.165, 1.54) is 0 Å². The second kappa shape index (κ2) is 6.93. The minimum absolute atomic E-state index is 0.238. The standard InChI is InChI=1S/C13H16ClN3OS/c1-9(15)6-7-19-8-12-16-13(18-17-12)10-2-4-11(14)5-3-10/h2-5,9H,6-8,15H2,1H3. The van der Waals surface area contributed by atoms with E-state index in [9.17, 15) is 0 Å². The molecule has 0 saturated carbocycles. The normalized spacial score (nSPS) is 12.6. The fourth-order valence-corrected chi connectivity index (χ4v) is 2.56. The summed E-state index contributed by atoms with van der Waals surface area (Å²) in [7, 11) is 0. The van der Waals surface area contributed by atoms with E-state index in [-0.39, 0.29) is 6.04 Å². The first-order valence-electron chi connectivity index (χ1n) is 6.07. The summed E-state index contributed by atoms with van der Waals surface area (Å²) in [4.78, 5) is 4.35. The Morgan fingerprint density at radius 3 is 2.79 bits per heavy atom. The van der Waals surface area contributed by atoms with Gasteiger partial charge >= 0.3 is 0 Å². The first kappa shape index (κ1) is 14.4. The quantitative estimate of drug-likeness (QED) is 0.828. The van der Waals surface area contributed by atoms with Gasteiger partial charge in [-0.2, -0.15) is 16.7 Å². The summed E-state index contributed by atoms with van der Waals surface area (Å²) in [6.45, 7) is 2.01. The first-order chi connectivity index (χ1) is 9.15. The van der Waals surface area contributed by atoms with E-state index >= 15 is 0 Å². The van der Waals surface area contributed by atoms with E-state index < -0.39 is 0 Å². The van der Waals surface area contributed by atoms with Crippen LogP contribution >= 0.6 is 23.4 Å². The third-order valence-electron chi connectivity index (χ3n) is 2.51. The summed E-state index contributed by atoms with van der Waals surface area (Å²) >= 11 is 7.59. The highest BCUT2D eigenvalue weighted by molar-refractivity contribution is 7.98. The molecule has 0 spiro atoms. The van der Waals surface area contributed by atoms with Gasteiger partial charge in [0.1, 0.15) is 0 Å². The SMILES string of the molecule is CC(N)CCSCc1noc(-c2ccc(Cl)cc2)n1. The second-order valence-electron chi connectivity index (χ2n) is 4.34. The molecular weight excluding hydrogens is 282 g/mol. The fourth-order valence-electron chi connectivity index (χ4n) is 1.45. The molecule has 0 aliphatic heterocycles. The smallest absolute Gasteiger partial charge is 0.257 e. The third kappa shape index (κ3) is 4.53. The average Bonchev–Trinajstić information content (AvgIpc) is 2.84. The van der Waals surface area contributed by atoms with Crippen molar-refractivity contribution in [2.24, 2.45) is 5.73 Å². The van der Waals surface area contributed by atoms with Crippen LogP contribution in [0.1, 0.15) is 19.2 Å². The number of rotatable bonds is 6. The molecule has 0 bridgehead atoms. The van der Waals surface area contributed by atoms with Gasteiger partial charge in [0, 0.05) is 16.6 Å². The van der Waals surface area contributed by atoms with Crippen LogP contribution in [-0.2, 0) is 5.75 Å². The first-order valence-corrected chi connectivity index (χ1v) is 7.60. The summed E-state index contributed by atoms with van der Waals surface area (Å²) in [5, 5.41) is 4.65. The third-order valence-corrected chi connectivity index (χ3v) is 3.75. The average molecular weight is 298 g/mol. The minimum Gasteiger partial charge on any atom is -0.334 e. The van der Waals surface area contributed by atoms with Crippen molar-refractivity contribution in [2.45, 2.75) is 25.1 Å². The number of thioether (sulfide) groups is 1. The highest BCUT2D eigenvalue weighted by atomic mass is 35.5. The zero-order chi connectivity index (χ0) is 13.7. The summed E-state index contributed by atoms with van der Waals surface area (Å²) in [5.41, 5.74) is 6.57. The van der Waals surface area contributed by atoms with Gasteiger partial charge < -0.3 is 10.3 Å². The van der Waals surface area contributed by atoms with Crippen molar-refractivity contribution in [3.8, 4) is 11.5 Å². The van der Waals surface area contributed by atoms with Crippen molar-refractivity contribution < 1.29 is 4.52 Å². The summed E-state index contributed by atoms with van der Waals surface area (Å²) in [6, 6.07) is 7.57. The maximum atomic E-state index is 5.83. The van der Waals surface area contributed by atoms with Gasteiger partial charge in [-0.15, -0.1) is 0 Å². The van der Waals surface area contributed by atoms with E-state index in [1.807, 2.05) is 19.1 Å². The molecule has 2 aromatic rings. The van der Waals surface area contributed by atoms with Gasteiger partial charge in [-0.1, -0.05) is 16.8 Å². The number of halogens is 1. The molecule has 102 valence electrons. The Balaban J connectivity index is 1.90. The molecule has 19 heavy (non-hydrogen) atoms. The Hall–Kier alpha value is -1.04. The molecule has 0 aliphatic carbocycles. The molecule has 0 radical (unpaired) electrons. The van der Waals surface area contributed by atoms with Crippen molar-refractivity contribution in [1.82, 2.24) is 10.1 Å². The monoisotopic (exact) mass is 297 g/mol. The maximum absolute atomic E-state index is 5.83. The predicted molar refractivity (Wildman–Crippen MR) is 79.2 cm³/mol. The second-order valence-corrected chi connectivity index (χ2v) is 5.88. The van der Waals surface area contributed by atoms with Gasteiger partial charge in [0.25, 0.3) is 5.89 Å². The van der Waals surface area contributed by atoms with Crippen LogP contribution in [0.15, 0.2) is 28.8 Å². The number of aromatic nitrogens is 2. The Kier molecular flexibility index (Phi) is 5.24. The van der Waals surface area contributed by atoms with Gasteiger partial charge in [-0.25, -0.2) is 0 Å². The molecule has 4 nitrogen and oxygen atoms in total. The van der Waals surface area contributed by atoms with Crippen molar-refractivity contribution in [3.05, 3.63) is 35.1 Å². The molecule has 6 heteroatoms. The van der Waals surface area contributed by atoms with Crippen LogP contribution in [0, 0.1) is 0 Å². The van der Waals surface area contributed by atoms with Crippen molar-refractivity contribution in [1.29, 1.82) is 0 Å². The van der Waals surface area contributed by atoms with Gasteiger partial charge in [-0.3, -0.25) is 0 Å². The zero-order valence-electron chi connectivity index (χ0n) is 10.7. The number of nitrogens with two attached hydrogens (primary N) is 1. The molecule has 1 aromatic carbocycles. The molecule has 1 unspecified atom stereocenters. The number of hydrogen-bond donors (Lipinski definition) is 1. The predicted octanol–water partition coefficient (Wildman–Crippen LogP) is 3.36. The molecule has 0 aliphatic rings. The molecule has 1 aromatic heterocycles. The molecule has 1 atom stereocenters. The lowest BCUT2D eigenvalue weighted by atomic mass is 10.2. The Morgan fingerprint density at radius 2 is 2.11 bits per heavy atom. The fraction of sp³-hybridized carbons (Fsp3) is 0.385. The molecular formula is C13H16ClN3OS. The maximum Gasteiger partial charge on any atom is 0.257 e. The molecule has 0 amide bonds. The lowest BCUT2D eigenvalue weighted by molar-refractivity contribution is 0.425.